The van der Waals surface area contributed by atoms with E-state index in [0.29, 0.717) is 0 Å². The highest BCUT2D eigenvalue weighted by Crippen LogP contribution is 2.26. The molecule has 3 rings (SSSR count). The minimum Gasteiger partial charge on any atom is -0.314 e. The summed E-state index contributed by atoms with van der Waals surface area (Å²) in [6.45, 7) is 5.45. The molecule has 1 saturated heterocycles. The van der Waals surface area contributed by atoms with Gasteiger partial charge < -0.3 is 5.32 Å². The minimum absolute atomic E-state index is 0.988. The fraction of sp³-hybridized carbons (Fsp3) is 0.417. The van der Waals surface area contributed by atoms with Crippen molar-refractivity contribution in [2.45, 2.75) is 6.54 Å². The first kappa shape index (κ1) is 11.3. The molecule has 1 N–H and O–H groups in total. The molecule has 0 saturated carbocycles. The molecular weight excluding hydrogens is 250 g/mol. The second-order valence-electron chi connectivity index (χ2n) is 4.18. The van der Waals surface area contributed by atoms with Gasteiger partial charge in [0, 0.05) is 49.0 Å². The molecule has 0 aliphatic carbocycles. The van der Waals surface area contributed by atoms with Gasteiger partial charge in [0.25, 0.3) is 0 Å². The van der Waals surface area contributed by atoms with E-state index in [1.54, 1.807) is 22.7 Å². The molecular formula is C12H15N3S2. The fourth-order valence-electron chi connectivity index (χ4n) is 2.00. The Labute approximate surface area is 109 Å². The van der Waals surface area contributed by atoms with E-state index in [1.165, 1.54) is 11.3 Å². The molecule has 0 unspecified atom stereocenters. The lowest BCUT2D eigenvalue weighted by atomic mass is 10.3. The van der Waals surface area contributed by atoms with Crippen molar-refractivity contribution in [3.8, 4) is 10.6 Å². The predicted octanol–water partition coefficient (Wildman–Crippen LogP) is 2.28. The van der Waals surface area contributed by atoms with E-state index < -0.39 is 0 Å². The van der Waals surface area contributed by atoms with Crippen LogP contribution >= 0.6 is 22.7 Å². The Balaban J connectivity index is 1.68. The number of nitrogens with zero attached hydrogens (tertiary/aromatic N) is 2. The van der Waals surface area contributed by atoms with Gasteiger partial charge in [-0.05, 0) is 11.4 Å². The second-order valence-corrected chi connectivity index (χ2v) is 5.82. The largest absolute Gasteiger partial charge is 0.314 e. The highest BCUT2D eigenvalue weighted by Gasteiger charge is 2.12. The van der Waals surface area contributed by atoms with Gasteiger partial charge in [-0.3, -0.25) is 4.90 Å². The summed E-state index contributed by atoms with van der Waals surface area (Å²) in [6, 6.07) is 2.14. The van der Waals surface area contributed by atoms with Gasteiger partial charge in [-0.2, -0.15) is 11.3 Å². The van der Waals surface area contributed by atoms with Gasteiger partial charge in [0.1, 0.15) is 5.01 Å². The number of aromatic nitrogens is 1. The number of hydrogen-bond donors (Lipinski definition) is 1. The Bertz CT molecular complexity index is 458. The van der Waals surface area contributed by atoms with Crippen molar-refractivity contribution in [2.24, 2.45) is 0 Å². The molecule has 2 aromatic rings. The van der Waals surface area contributed by atoms with Crippen molar-refractivity contribution >= 4 is 22.7 Å². The summed E-state index contributed by atoms with van der Waals surface area (Å²) in [5, 5.41) is 11.0. The summed E-state index contributed by atoms with van der Waals surface area (Å²) < 4.78 is 0. The Kier molecular flexibility index (Phi) is 3.51. The number of thiophene rings is 1. The van der Waals surface area contributed by atoms with Crippen molar-refractivity contribution in [1.82, 2.24) is 15.2 Å². The number of piperazine rings is 1. The van der Waals surface area contributed by atoms with Crippen LogP contribution in [0.2, 0.25) is 0 Å². The van der Waals surface area contributed by atoms with Crippen LogP contribution in [0.4, 0.5) is 0 Å². The lowest BCUT2D eigenvalue weighted by Crippen LogP contribution is -2.42. The van der Waals surface area contributed by atoms with Crippen LogP contribution in [0.25, 0.3) is 10.6 Å². The molecule has 0 bridgehead atoms. The minimum atomic E-state index is 0.988. The summed E-state index contributed by atoms with van der Waals surface area (Å²) in [5.41, 5.74) is 2.46. The molecule has 5 heteroatoms. The smallest absolute Gasteiger partial charge is 0.124 e. The molecule has 90 valence electrons. The lowest BCUT2D eigenvalue weighted by molar-refractivity contribution is 0.231. The van der Waals surface area contributed by atoms with E-state index in [1.807, 2.05) is 0 Å². The molecule has 2 aromatic heterocycles. The van der Waals surface area contributed by atoms with E-state index in [0.717, 1.165) is 37.7 Å². The Morgan fingerprint density at radius 3 is 2.94 bits per heavy atom. The maximum Gasteiger partial charge on any atom is 0.124 e. The molecule has 1 aliphatic heterocycles. The van der Waals surface area contributed by atoms with Gasteiger partial charge in [-0.1, -0.05) is 0 Å². The van der Waals surface area contributed by atoms with Gasteiger partial charge in [0.2, 0.25) is 0 Å². The summed E-state index contributed by atoms with van der Waals surface area (Å²) in [4.78, 5) is 7.17. The van der Waals surface area contributed by atoms with Gasteiger partial charge in [-0.15, -0.1) is 11.3 Å². The zero-order chi connectivity index (χ0) is 11.5. The summed E-state index contributed by atoms with van der Waals surface area (Å²) in [7, 11) is 0. The molecule has 3 heterocycles. The maximum absolute atomic E-state index is 4.71. The molecule has 17 heavy (non-hydrogen) atoms. The maximum atomic E-state index is 4.71. The average Bonchev–Trinajstić information content (AvgIpc) is 3.00. The monoisotopic (exact) mass is 265 g/mol. The van der Waals surface area contributed by atoms with Gasteiger partial charge in [0.15, 0.2) is 0 Å². The third kappa shape index (κ3) is 2.74. The van der Waals surface area contributed by atoms with Crippen LogP contribution in [-0.2, 0) is 6.54 Å². The first-order valence-electron chi connectivity index (χ1n) is 5.82. The van der Waals surface area contributed by atoms with Crippen molar-refractivity contribution in [1.29, 1.82) is 0 Å². The van der Waals surface area contributed by atoms with E-state index in [9.17, 15) is 0 Å². The van der Waals surface area contributed by atoms with Crippen LogP contribution in [0, 0.1) is 0 Å². The number of rotatable bonds is 3. The third-order valence-corrected chi connectivity index (χ3v) is 4.54. The molecule has 1 fully saturated rings. The lowest BCUT2D eigenvalue weighted by Gasteiger charge is -2.26. The summed E-state index contributed by atoms with van der Waals surface area (Å²) in [6.07, 6.45) is 0. The molecule has 0 spiro atoms. The Morgan fingerprint density at radius 1 is 1.29 bits per heavy atom. The van der Waals surface area contributed by atoms with Crippen LogP contribution in [-0.4, -0.2) is 36.1 Å². The molecule has 0 aromatic carbocycles. The van der Waals surface area contributed by atoms with Crippen LogP contribution < -0.4 is 5.32 Å². The molecule has 0 radical (unpaired) electrons. The van der Waals surface area contributed by atoms with Gasteiger partial charge in [-0.25, -0.2) is 4.98 Å². The van der Waals surface area contributed by atoms with E-state index in [-0.39, 0.29) is 0 Å². The van der Waals surface area contributed by atoms with Gasteiger partial charge >= 0.3 is 0 Å². The van der Waals surface area contributed by atoms with E-state index in [4.69, 9.17) is 4.98 Å². The third-order valence-electron chi connectivity index (χ3n) is 2.92. The highest BCUT2D eigenvalue weighted by atomic mass is 32.1. The zero-order valence-electron chi connectivity index (χ0n) is 9.56. The molecule has 0 atom stereocenters. The molecule has 3 nitrogen and oxygen atoms in total. The van der Waals surface area contributed by atoms with Crippen molar-refractivity contribution < 1.29 is 0 Å². The van der Waals surface area contributed by atoms with Crippen LogP contribution in [0.5, 0.6) is 0 Å². The summed E-state index contributed by atoms with van der Waals surface area (Å²) in [5.74, 6) is 0. The van der Waals surface area contributed by atoms with Crippen LogP contribution in [0.1, 0.15) is 5.69 Å². The highest BCUT2D eigenvalue weighted by molar-refractivity contribution is 7.14. The SMILES string of the molecule is c1cc(-c2nc(CN3CCNCC3)cs2)cs1. The van der Waals surface area contributed by atoms with E-state index in [2.05, 4.69) is 32.4 Å². The first-order chi connectivity index (χ1) is 8.42. The van der Waals surface area contributed by atoms with Gasteiger partial charge in [0.05, 0.1) is 5.69 Å². The van der Waals surface area contributed by atoms with Crippen molar-refractivity contribution in [2.75, 3.05) is 26.2 Å². The topological polar surface area (TPSA) is 28.2 Å². The van der Waals surface area contributed by atoms with Crippen LogP contribution in [0.15, 0.2) is 22.2 Å². The first-order valence-corrected chi connectivity index (χ1v) is 7.64. The summed E-state index contributed by atoms with van der Waals surface area (Å²) >= 11 is 3.48. The number of thiazole rings is 1. The fourth-order valence-corrected chi connectivity index (χ4v) is 3.52. The predicted molar refractivity (Wildman–Crippen MR) is 73.6 cm³/mol. The molecule has 0 amide bonds. The second kappa shape index (κ2) is 5.27. The Morgan fingerprint density at radius 2 is 2.18 bits per heavy atom. The average molecular weight is 265 g/mol. The number of nitrogens with one attached hydrogen (secondary N) is 1. The number of hydrogen-bond acceptors (Lipinski definition) is 5. The van der Waals surface area contributed by atoms with Crippen LogP contribution in [0.3, 0.4) is 0 Å². The van der Waals surface area contributed by atoms with Crippen molar-refractivity contribution in [3.63, 3.8) is 0 Å². The standard InChI is InChI=1S/C12H15N3S2/c1-6-16-8-10(1)12-14-11(9-17-12)7-15-4-2-13-3-5-15/h1,6,8-9,13H,2-5,7H2. The quantitative estimate of drug-likeness (QED) is 0.923. The normalized spacial score (nSPS) is 17.4. The van der Waals surface area contributed by atoms with Crippen molar-refractivity contribution in [3.05, 3.63) is 27.9 Å². The van der Waals surface area contributed by atoms with E-state index >= 15 is 0 Å². The zero-order valence-corrected chi connectivity index (χ0v) is 11.2. The molecule has 1 aliphatic rings. The Hall–Kier alpha value is -0.750.